The first kappa shape index (κ1) is 17.7. The van der Waals surface area contributed by atoms with Crippen LogP contribution in [-0.2, 0) is 10.3 Å². The Kier molecular flexibility index (Phi) is 6.37. The third kappa shape index (κ3) is 4.29. The van der Waals surface area contributed by atoms with Gasteiger partial charge < -0.3 is 16.0 Å². The summed E-state index contributed by atoms with van der Waals surface area (Å²) < 4.78 is 0. The van der Waals surface area contributed by atoms with Crippen molar-refractivity contribution >= 4 is 5.91 Å². The minimum Gasteiger partial charge on any atom is -0.368 e. The summed E-state index contributed by atoms with van der Waals surface area (Å²) in [6.45, 7) is 7.16. The molecule has 1 amide bonds. The van der Waals surface area contributed by atoms with Gasteiger partial charge in [0, 0.05) is 12.6 Å². The van der Waals surface area contributed by atoms with Gasteiger partial charge in [0.25, 0.3) is 0 Å². The van der Waals surface area contributed by atoms with Crippen LogP contribution in [0.15, 0.2) is 30.3 Å². The molecule has 0 bridgehead atoms. The molecule has 1 rings (SSSR count). The van der Waals surface area contributed by atoms with E-state index in [0.29, 0.717) is 18.5 Å². The number of nitrogens with two attached hydrogens (primary N) is 1. The van der Waals surface area contributed by atoms with Crippen molar-refractivity contribution in [2.24, 2.45) is 11.7 Å². The molecule has 0 saturated heterocycles. The Morgan fingerprint density at radius 1 is 1.29 bits per heavy atom. The number of nitrogens with zero attached hydrogens (tertiary/aromatic N) is 1. The van der Waals surface area contributed by atoms with E-state index in [1.165, 1.54) is 0 Å². The molecule has 21 heavy (non-hydrogen) atoms. The second-order valence-corrected chi connectivity index (χ2v) is 6.28. The van der Waals surface area contributed by atoms with E-state index in [4.69, 9.17) is 5.73 Å². The Bertz CT molecular complexity index is 447. The predicted octanol–water partition coefficient (Wildman–Crippen LogP) is 1.95. The van der Waals surface area contributed by atoms with Crippen LogP contribution in [0.2, 0.25) is 0 Å². The van der Waals surface area contributed by atoms with Crippen LogP contribution in [0.1, 0.15) is 32.8 Å². The van der Waals surface area contributed by atoms with E-state index < -0.39 is 5.54 Å². The van der Waals surface area contributed by atoms with Crippen LogP contribution in [0.3, 0.4) is 0 Å². The number of primary amides is 1. The molecule has 0 aliphatic carbocycles. The highest BCUT2D eigenvalue weighted by molar-refractivity contribution is 5.86. The summed E-state index contributed by atoms with van der Waals surface area (Å²) >= 11 is 0. The van der Waals surface area contributed by atoms with Crippen molar-refractivity contribution in [2.45, 2.75) is 38.8 Å². The van der Waals surface area contributed by atoms with Gasteiger partial charge in [-0.2, -0.15) is 0 Å². The topological polar surface area (TPSA) is 58.4 Å². The molecule has 4 heteroatoms. The van der Waals surface area contributed by atoms with Gasteiger partial charge in [-0.05, 0) is 38.9 Å². The number of nitrogens with one attached hydrogen (secondary N) is 1. The summed E-state index contributed by atoms with van der Waals surface area (Å²) in [5, 5.41) is 3.15. The molecule has 0 aromatic heterocycles. The largest absolute Gasteiger partial charge is 0.368 e. The number of hydrogen-bond donors (Lipinski definition) is 2. The highest BCUT2D eigenvalue weighted by Crippen LogP contribution is 2.23. The fourth-order valence-electron chi connectivity index (χ4n) is 2.77. The molecule has 0 spiro atoms. The van der Waals surface area contributed by atoms with E-state index in [0.717, 1.165) is 12.0 Å². The molecule has 2 atom stereocenters. The van der Waals surface area contributed by atoms with E-state index in [1.807, 2.05) is 37.4 Å². The monoisotopic (exact) mass is 291 g/mol. The maximum absolute atomic E-state index is 12.2. The molecule has 0 aliphatic rings. The lowest BCUT2D eigenvalue weighted by Gasteiger charge is -2.37. The van der Waals surface area contributed by atoms with Gasteiger partial charge >= 0.3 is 0 Å². The fourth-order valence-corrected chi connectivity index (χ4v) is 2.77. The quantitative estimate of drug-likeness (QED) is 0.769. The number of carbonyl (C=O) groups is 1. The Morgan fingerprint density at radius 2 is 1.86 bits per heavy atom. The average Bonchev–Trinajstić information content (AvgIpc) is 2.44. The van der Waals surface area contributed by atoms with Crippen LogP contribution in [0, 0.1) is 5.92 Å². The maximum atomic E-state index is 12.2. The van der Waals surface area contributed by atoms with E-state index in [9.17, 15) is 4.79 Å². The van der Waals surface area contributed by atoms with Gasteiger partial charge in [-0.25, -0.2) is 0 Å². The first-order chi connectivity index (χ1) is 9.83. The van der Waals surface area contributed by atoms with Gasteiger partial charge in [0.05, 0.1) is 0 Å². The van der Waals surface area contributed by atoms with Crippen molar-refractivity contribution in [3.05, 3.63) is 35.9 Å². The van der Waals surface area contributed by atoms with Gasteiger partial charge in [-0.3, -0.25) is 4.79 Å². The highest BCUT2D eigenvalue weighted by Gasteiger charge is 2.38. The molecule has 2 unspecified atom stereocenters. The Balaban J connectivity index is 3.02. The zero-order valence-electron chi connectivity index (χ0n) is 13.9. The van der Waals surface area contributed by atoms with E-state index in [1.54, 1.807) is 7.05 Å². The van der Waals surface area contributed by atoms with Crippen LogP contribution in [0.4, 0.5) is 0 Å². The number of amides is 1. The number of carbonyl (C=O) groups excluding carboxylic acids is 1. The second kappa shape index (κ2) is 7.57. The summed E-state index contributed by atoms with van der Waals surface area (Å²) in [4.78, 5) is 14.4. The first-order valence-corrected chi connectivity index (χ1v) is 7.58. The van der Waals surface area contributed by atoms with Crippen LogP contribution in [0.5, 0.6) is 0 Å². The number of rotatable bonds is 8. The maximum Gasteiger partial charge on any atom is 0.243 e. The third-order valence-corrected chi connectivity index (χ3v) is 4.17. The highest BCUT2D eigenvalue weighted by atomic mass is 16.1. The molecule has 0 saturated carbocycles. The summed E-state index contributed by atoms with van der Waals surface area (Å²) in [6.07, 6.45) is 1.09. The fraction of sp³-hybridized carbons (Fsp3) is 0.588. The lowest BCUT2D eigenvalue weighted by molar-refractivity contribution is -0.125. The van der Waals surface area contributed by atoms with Gasteiger partial charge in [-0.15, -0.1) is 0 Å². The zero-order valence-corrected chi connectivity index (χ0v) is 13.9. The summed E-state index contributed by atoms with van der Waals surface area (Å²) in [7, 11) is 3.84. The Hall–Kier alpha value is -1.39. The van der Waals surface area contributed by atoms with Crippen molar-refractivity contribution in [1.29, 1.82) is 0 Å². The third-order valence-electron chi connectivity index (χ3n) is 4.17. The van der Waals surface area contributed by atoms with Crippen LogP contribution < -0.4 is 11.1 Å². The molecular weight excluding hydrogens is 262 g/mol. The van der Waals surface area contributed by atoms with Crippen molar-refractivity contribution in [3.8, 4) is 0 Å². The Morgan fingerprint density at radius 3 is 2.29 bits per heavy atom. The summed E-state index contributed by atoms with van der Waals surface area (Å²) in [6, 6.07) is 10.1. The molecule has 1 aromatic carbocycles. The molecule has 4 nitrogen and oxygen atoms in total. The normalized spacial score (nSPS) is 16.0. The first-order valence-electron chi connectivity index (χ1n) is 7.58. The van der Waals surface area contributed by atoms with Crippen LogP contribution in [-0.4, -0.2) is 37.5 Å². The van der Waals surface area contributed by atoms with Crippen molar-refractivity contribution < 1.29 is 4.79 Å². The van der Waals surface area contributed by atoms with Crippen LogP contribution in [0.25, 0.3) is 0 Å². The minimum absolute atomic E-state index is 0.347. The van der Waals surface area contributed by atoms with Gasteiger partial charge in [0.1, 0.15) is 5.54 Å². The average molecular weight is 291 g/mol. The van der Waals surface area contributed by atoms with E-state index >= 15 is 0 Å². The second-order valence-electron chi connectivity index (χ2n) is 6.28. The molecule has 1 aromatic rings. The van der Waals surface area contributed by atoms with Gasteiger partial charge in [0.2, 0.25) is 5.91 Å². The number of hydrogen-bond acceptors (Lipinski definition) is 3. The zero-order chi connectivity index (χ0) is 16.0. The molecule has 0 heterocycles. The molecule has 3 N–H and O–H groups in total. The molecule has 118 valence electrons. The Labute approximate surface area is 128 Å². The summed E-state index contributed by atoms with van der Waals surface area (Å²) in [5.41, 5.74) is 5.78. The van der Waals surface area contributed by atoms with Crippen molar-refractivity contribution in [3.63, 3.8) is 0 Å². The molecular formula is C17H29N3O. The van der Waals surface area contributed by atoms with E-state index in [-0.39, 0.29) is 5.91 Å². The predicted molar refractivity (Wildman–Crippen MR) is 87.9 cm³/mol. The number of benzene rings is 1. The summed E-state index contributed by atoms with van der Waals surface area (Å²) in [5.74, 6) is 0.275. The molecule has 0 fully saturated rings. The smallest absolute Gasteiger partial charge is 0.243 e. The SMILES string of the molecule is CNC(CN(C)C(C)CC(C)C)(C(N)=O)c1ccccc1. The lowest BCUT2D eigenvalue weighted by atomic mass is 9.88. The van der Waals surface area contributed by atoms with E-state index in [2.05, 4.69) is 31.0 Å². The number of likely N-dealkylation sites (N-methyl/N-ethyl adjacent to an activating group) is 2. The van der Waals surface area contributed by atoms with Gasteiger partial charge in [0.15, 0.2) is 0 Å². The standard InChI is InChI=1S/C17H29N3O/c1-13(2)11-14(3)20(5)12-17(19-4,16(18)21)15-9-7-6-8-10-15/h6-10,13-14,19H,11-12H2,1-5H3,(H2,18,21). The van der Waals surface area contributed by atoms with Crippen molar-refractivity contribution in [1.82, 2.24) is 10.2 Å². The lowest BCUT2D eigenvalue weighted by Crippen LogP contribution is -2.58. The molecule has 0 radical (unpaired) electrons. The van der Waals surface area contributed by atoms with Crippen molar-refractivity contribution in [2.75, 3.05) is 20.6 Å². The minimum atomic E-state index is -0.860. The van der Waals surface area contributed by atoms with Crippen LogP contribution >= 0.6 is 0 Å². The van der Waals surface area contributed by atoms with Gasteiger partial charge in [-0.1, -0.05) is 44.2 Å². The molecule has 0 aliphatic heterocycles.